The molecule has 1 aliphatic carbocycles. The quantitative estimate of drug-likeness (QED) is 0.820. The molecule has 0 amide bonds. The molecule has 0 unspecified atom stereocenters. The summed E-state index contributed by atoms with van der Waals surface area (Å²) in [6.45, 7) is 1.43. The van der Waals surface area contributed by atoms with Gasteiger partial charge >= 0.3 is 0 Å². The van der Waals surface area contributed by atoms with E-state index in [1.165, 1.54) is 25.7 Å². The molecule has 0 atom stereocenters. The minimum atomic E-state index is 0.260. The first-order valence-corrected chi connectivity index (χ1v) is 7.26. The topological polar surface area (TPSA) is 54.4 Å². The first-order chi connectivity index (χ1) is 9.83. The van der Waals surface area contributed by atoms with E-state index in [2.05, 4.69) is 10.3 Å². The molecule has 106 valence electrons. The SMILES string of the molecule is Oc1ccc2ccnc(NCCOC3CCCC3)c2c1. The predicted octanol–water partition coefficient (Wildman–Crippen LogP) is 3.31. The molecule has 2 N–H and O–H groups in total. The molecule has 0 saturated heterocycles. The van der Waals surface area contributed by atoms with Crippen LogP contribution in [-0.4, -0.2) is 29.3 Å². The van der Waals surface area contributed by atoms with E-state index in [-0.39, 0.29) is 5.75 Å². The number of fused-ring (bicyclic) bond motifs is 1. The summed E-state index contributed by atoms with van der Waals surface area (Å²) in [5.41, 5.74) is 0. The van der Waals surface area contributed by atoms with Crippen LogP contribution < -0.4 is 5.32 Å². The lowest BCUT2D eigenvalue weighted by Gasteiger charge is -2.12. The van der Waals surface area contributed by atoms with Gasteiger partial charge < -0.3 is 15.2 Å². The third-order valence-corrected chi connectivity index (χ3v) is 3.80. The molecule has 4 nitrogen and oxygen atoms in total. The molecule has 4 heteroatoms. The lowest BCUT2D eigenvalue weighted by atomic mass is 10.1. The van der Waals surface area contributed by atoms with Gasteiger partial charge in [0, 0.05) is 18.1 Å². The first-order valence-electron chi connectivity index (χ1n) is 7.26. The number of ether oxygens (including phenoxy) is 1. The zero-order chi connectivity index (χ0) is 13.8. The summed E-state index contributed by atoms with van der Waals surface area (Å²) < 4.78 is 5.82. The van der Waals surface area contributed by atoms with Gasteiger partial charge in [0.05, 0.1) is 12.7 Å². The minimum Gasteiger partial charge on any atom is -0.508 e. The van der Waals surface area contributed by atoms with Crippen molar-refractivity contribution < 1.29 is 9.84 Å². The van der Waals surface area contributed by atoms with E-state index in [0.29, 0.717) is 12.7 Å². The van der Waals surface area contributed by atoms with Crippen molar-refractivity contribution >= 4 is 16.6 Å². The minimum absolute atomic E-state index is 0.260. The smallest absolute Gasteiger partial charge is 0.134 e. The van der Waals surface area contributed by atoms with Crippen LogP contribution >= 0.6 is 0 Å². The number of pyridine rings is 1. The molecular weight excluding hydrogens is 252 g/mol. The highest BCUT2D eigenvalue weighted by molar-refractivity contribution is 5.92. The van der Waals surface area contributed by atoms with Gasteiger partial charge in [0.25, 0.3) is 0 Å². The zero-order valence-electron chi connectivity index (χ0n) is 11.5. The Kier molecular flexibility index (Phi) is 4.02. The number of phenolic OH excluding ortho intramolecular Hbond substituents is 1. The van der Waals surface area contributed by atoms with Crippen LogP contribution in [0.4, 0.5) is 5.82 Å². The van der Waals surface area contributed by atoms with E-state index >= 15 is 0 Å². The second-order valence-electron chi connectivity index (χ2n) is 5.27. The number of nitrogens with zero attached hydrogens (tertiary/aromatic N) is 1. The highest BCUT2D eigenvalue weighted by atomic mass is 16.5. The highest BCUT2D eigenvalue weighted by Gasteiger charge is 2.14. The molecule has 2 aromatic rings. The van der Waals surface area contributed by atoms with E-state index in [0.717, 1.165) is 23.1 Å². The van der Waals surface area contributed by atoms with Crippen LogP contribution in [0.3, 0.4) is 0 Å². The maximum absolute atomic E-state index is 9.59. The van der Waals surface area contributed by atoms with Crippen molar-refractivity contribution in [2.45, 2.75) is 31.8 Å². The van der Waals surface area contributed by atoms with E-state index in [4.69, 9.17) is 4.74 Å². The lowest BCUT2D eigenvalue weighted by molar-refractivity contribution is 0.0659. The van der Waals surface area contributed by atoms with Crippen LogP contribution in [0.5, 0.6) is 5.75 Å². The monoisotopic (exact) mass is 272 g/mol. The molecule has 0 radical (unpaired) electrons. The van der Waals surface area contributed by atoms with Gasteiger partial charge in [-0.05, 0) is 36.4 Å². The van der Waals surface area contributed by atoms with Gasteiger partial charge in [-0.15, -0.1) is 0 Å². The maximum atomic E-state index is 9.59. The van der Waals surface area contributed by atoms with Crippen molar-refractivity contribution in [3.8, 4) is 5.75 Å². The number of nitrogens with one attached hydrogen (secondary N) is 1. The van der Waals surface area contributed by atoms with Crippen LogP contribution in [0.2, 0.25) is 0 Å². The van der Waals surface area contributed by atoms with Gasteiger partial charge in [-0.1, -0.05) is 18.9 Å². The van der Waals surface area contributed by atoms with E-state index in [9.17, 15) is 5.11 Å². The van der Waals surface area contributed by atoms with Gasteiger partial charge in [-0.25, -0.2) is 4.98 Å². The number of benzene rings is 1. The van der Waals surface area contributed by atoms with Crippen molar-refractivity contribution in [3.05, 3.63) is 30.5 Å². The fraction of sp³-hybridized carbons (Fsp3) is 0.438. The molecule has 1 saturated carbocycles. The van der Waals surface area contributed by atoms with Crippen LogP contribution in [0.15, 0.2) is 30.5 Å². The van der Waals surface area contributed by atoms with Crippen molar-refractivity contribution in [2.75, 3.05) is 18.5 Å². The Bertz CT molecular complexity index is 580. The highest BCUT2D eigenvalue weighted by Crippen LogP contribution is 2.25. The van der Waals surface area contributed by atoms with Gasteiger partial charge in [0.1, 0.15) is 11.6 Å². The van der Waals surface area contributed by atoms with Gasteiger partial charge in [0.15, 0.2) is 0 Å². The zero-order valence-corrected chi connectivity index (χ0v) is 11.5. The molecular formula is C16H20N2O2. The van der Waals surface area contributed by atoms with Crippen LogP contribution in [-0.2, 0) is 4.74 Å². The van der Waals surface area contributed by atoms with Crippen LogP contribution in [0, 0.1) is 0 Å². The Labute approximate surface area is 118 Å². The predicted molar refractivity (Wildman–Crippen MR) is 80.1 cm³/mol. The summed E-state index contributed by atoms with van der Waals surface area (Å²) in [7, 11) is 0. The van der Waals surface area contributed by atoms with Gasteiger partial charge in [-0.3, -0.25) is 0 Å². The van der Waals surface area contributed by atoms with Gasteiger partial charge in [-0.2, -0.15) is 0 Å². The summed E-state index contributed by atoms with van der Waals surface area (Å²) in [5, 5.41) is 14.9. The summed E-state index contributed by atoms with van der Waals surface area (Å²) >= 11 is 0. The molecule has 1 aromatic carbocycles. The molecule has 20 heavy (non-hydrogen) atoms. The van der Waals surface area contributed by atoms with Crippen molar-refractivity contribution in [1.82, 2.24) is 4.98 Å². The van der Waals surface area contributed by atoms with E-state index in [1.54, 1.807) is 18.3 Å². The molecule has 0 bridgehead atoms. The summed E-state index contributed by atoms with van der Waals surface area (Å²) in [6.07, 6.45) is 7.20. The standard InChI is InChI=1S/C16H20N2O2/c19-13-6-5-12-7-8-17-16(15(12)11-13)18-9-10-20-14-3-1-2-4-14/h5-8,11,14,19H,1-4,9-10H2,(H,17,18). The number of aromatic hydroxyl groups is 1. The number of hydrogen-bond donors (Lipinski definition) is 2. The summed E-state index contributed by atoms with van der Waals surface area (Å²) in [6, 6.07) is 7.26. The number of rotatable bonds is 5. The Balaban J connectivity index is 1.60. The Morgan fingerprint density at radius 1 is 1.25 bits per heavy atom. The normalized spacial score (nSPS) is 15.8. The van der Waals surface area contributed by atoms with E-state index in [1.807, 2.05) is 12.1 Å². The van der Waals surface area contributed by atoms with Crippen molar-refractivity contribution in [2.24, 2.45) is 0 Å². The Morgan fingerprint density at radius 3 is 2.95 bits per heavy atom. The third-order valence-electron chi connectivity index (χ3n) is 3.80. The average molecular weight is 272 g/mol. The largest absolute Gasteiger partial charge is 0.508 e. The molecule has 3 rings (SSSR count). The Hall–Kier alpha value is -1.81. The number of hydrogen-bond acceptors (Lipinski definition) is 4. The molecule has 1 aromatic heterocycles. The second-order valence-corrected chi connectivity index (χ2v) is 5.27. The van der Waals surface area contributed by atoms with Crippen LogP contribution in [0.1, 0.15) is 25.7 Å². The molecule has 0 aliphatic heterocycles. The fourth-order valence-corrected chi connectivity index (χ4v) is 2.75. The lowest BCUT2D eigenvalue weighted by Crippen LogP contribution is -2.15. The maximum Gasteiger partial charge on any atom is 0.134 e. The molecule has 0 spiro atoms. The van der Waals surface area contributed by atoms with Gasteiger partial charge in [0.2, 0.25) is 0 Å². The van der Waals surface area contributed by atoms with Crippen molar-refractivity contribution in [1.29, 1.82) is 0 Å². The molecule has 1 aliphatic rings. The summed E-state index contributed by atoms with van der Waals surface area (Å²) in [5.74, 6) is 1.06. The average Bonchev–Trinajstić information content (AvgIpc) is 2.97. The van der Waals surface area contributed by atoms with Crippen molar-refractivity contribution in [3.63, 3.8) is 0 Å². The van der Waals surface area contributed by atoms with Crippen LogP contribution in [0.25, 0.3) is 10.8 Å². The number of aromatic nitrogens is 1. The molecule has 1 heterocycles. The third kappa shape index (κ3) is 3.02. The molecule has 1 fully saturated rings. The Morgan fingerprint density at radius 2 is 2.10 bits per heavy atom. The van der Waals surface area contributed by atoms with E-state index < -0.39 is 0 Å². The number of phenols is 1. The summed E-state index contributed by atoms with van der Waals surface area (Å²) in [4.78, 5) is 4.34. The first kappa shape index (κ1) is 13.2. The number of anilines is 1. The second kappa shape index (κ2) is 6.09. The fourth-order valence-electron chi connectivity index (χ4n) is 2.75.